The van der Waals surface area contributed by atoms with Crippen LogP contribution in [0.15, 0.2) is 18.2 Å². The van der Waals surface area contributed by atoms with E-state index >= 15 is 0 Å². The number of Topliss-reactive ketones (excluding diaryl/α,β-unsaturated/α-hetero) is 1. The molecule has 2 heterocycles. The molecule has 23 heavy (non-hydrogen) atoms. The van der Waals surface area contributed by atoms with Gasteiger partial charge in [-0.3, -0.25) is 4.79 Å². The van der Waals surface area contributed by atoms with E-state index in [2.05, 4.69) is 0 Å². The van der Waals surface area contributed by atoms with Crippen molar-refractivity contribution in [2.45, 2.75) is 39.2 Å². The number of benzene rings is 1. The van der Waals surface area contributed by atoms with E-state index < -0.39 is 5.60 Å². The lowest BCUT2D eigenvalue weighted by molar-refractivity contribution is 0.0289. The van der Waals surface area contributed by atoms with Crippen molar-refractivity contribution in [3.63, 3.8) is 0 Å². The molecule has 1 aromatic carbocycles. The third-order valence-corrected chi connectivity index (χ3v) is 4.19. The van der Waals surface area contributed by atoms with E-state index in [1.807, 2.05) is 39.0 Å². The predicted octanol–water partition coefficient (Wildman–Crippen LogP) is 3.06. The monoisotopic (exact) mass is 317 g/mol. The molecule has 1 unspecified atom stereocenters. The number of hydrogen-bond acceptors (Lipinski definition) is 4. The van der Waals surface area contributed by atoms with E-state index in [0.29, 0.717) is 31.7 Å². The number of rotatable bonds is 2. The maximum atomic E-state index is 12.8. The van der Waals surface area contributed by atoms with Crippen molar-refractivity contribution in [1.82, 2.24) is 4.90 Å². The minimum atomic E-state index is -0.521. The highest BCUT2D eigenvalue weighted by atomic mass is 16.6. The summed E-state index contributed by atoms with van der Waals surface area (Å²) in [6, 6.07) is 5.73. The summed E-state index contributed by atoms with van der Waals surface area (Å²) in [4.78, 5) is 26.5. The Hall–Kier alpha value is -2.04. The van der Waals surface area contributed by atoms with E-state index in [1.165, 1.54) is 0 Å². The first-order chi connectivity index (χ1) is 10.8. The number of hydrogen-bond donors (Lipinski definition) is 0. The molecule has 1 aromatic rings. The Bertz CT molecular complexity index is 632. The lowest BCUT2D eigenvalue weighted by Crippen LogP contribution is -2.35. The summed E-state index contributed by atoms with van der Waals surface area (Å²) in [5.41, 5.74) is 1.22. The highest BCUT2D eigenvalue weighted by Crippen LogP contribution is 2.33. The van der Waals surface area contributed by atoms with Gasteiger partial charge in [0.05, 0.1) is 12.2 Å². The van der Waals surface area contributed by atoms with Crippen LogP contribution in [0.1, 0.15) is 43.1 Å². The summed E-state index contributed by atoms with van der Waals surface area (Å²) in [6.45, 7) is 7.13. The molecule has 0 aliphatic carbocycles. The van der Waals surface area contributed by atoms with Crippen molar-refractivity contribution >= 4 is 11.9 Å². The highest BCUT2D eigenvalue weighted by molar-refractivity contribution is 6.01. The Morgan fingerprint density at radius 1 is 1.30 bits per heavy atom. The Morgan fingerprint density at radius 3 is 2.83 bits per heavy atom. The third-order valence-electron chi connectivity index (χ3n) is 4.19. The van der Waals surface area contributed by atoms with Gasteiger partial charge in [0.2, 0.25) is 0 Å². The lowest BCUT2D eigenvalue weighted by atomic mass is 9.95. The fourth-order valence-electron chi connectivity index (χ4n) is 3.10. The topological polar surface area (TPSA) is 55.8 Å². The Morgan fingerprint density at radius 2 is 2.09 bits per heavy atom. The second-order valence-corrected chi connectivity index (χ2v) is 7.17. The zero-order chi connectivity index (χ0) is 16.6. The summed E-state index contributed by atoms with van der Waals surface area (Å²) >= 11 is 0. The Balaban J connectivity index is 1.69. The van der Waals surface area contributed by atoms with Gasteiger partial charge in [-0.25, -0.2) is 4.79 Å². The van der Waals surface area contributed by atoms with E-state index in [9.17, 15) is 9.59 Å². The molecule has 0 aromatic heterocycles. The third kappa shape index (κ3) is 3.33. The molecule has 5 heteroatoms. The zero-order valence-corrected chi connectivity index (χ0v) is 13.9. The normalized spacial score (nSPS) is 20.1. The minimum Gasteiger partial charge on any atom is -0.492 e. The Labute approximate surface area is 136 Å². The molecular weight excluding hydrogens is 294 g/mol. The molecule has 1 saturated heterocycles. The predicted molar refractivity (Wildman–Crippen MR) is 85.9 cm³/mol. The largest absolute Gasteiger partial charge is 0.492 e. The molecule has 124 valence electrons. The average Bonchev–Trinajstić information content (AvgIpc) is 3.13. The second-order valence-electron chi connectivity index (χ2n) is 7.17. The zero-order valence-electron chi connectivity index (χ0n) is 13.9. The van der Waals surface area contributed by atoms with Crippen LogP contribution in [0.2, 0.25) is 0 Å². The molecule has 1 amide bonds. The van der Waals surface area contributed by atoms with Crippen LogP contribution in [0.5, 0.6) is 5.75 Å². The standard InChI is InChI=1S/C18H23NO4/c1-18(2,3)23-17(21)19-9-7-13(11-19)15(20)14-6-4-5-12-8-10-22-16(12)14/h4-6,13H,7-11H2,1-3H3. The van der Waals surface area contributed by atoms with Crippen LogP contribution in [0.25, 0.3) is 0 Å². The number of amides is 1. The van der Waals surface area contributed by atoms with Gasteiger partial charge in [0.1, 0.15) is 11.4 Å². The van der Waals surface area contributed by atoms with Gasteiger partial charge in [0.15, 0.2) is 5.78 Å². The molecule has 2 aliphatic heterocycles. The molecule has 5 nitrogen and oxygen atoms in total. The number of carbonyl (C=O) groups excluding carboxylic acids is 2. The Kier molecular flexibility index (Phi) is 4.04. The van der Waals surface area contributed by atoms with Crippen molar-refractivity contribution in [1.29, 1.82) is 0 Å². The van der Waals surface area contributed by atoms with Gasteiger partial charge in [-0.2, -0.15) is 0 Å². The number of fused-ring (bicyclic) bond motifs is 1. The van der Waals surface area contributed by atoms with Crippen LogP contribution < -0.4 is 4.74 Å². The first kappa shape index (κ1) is 15.8. The number of likely N-dealkylation sites (tertiary alicyclic amines) is 1. The van der Waals surface area contributed by atoms with Gasteiger partial charge in [-0.05, 0) is 38.8 Å². The van der Waals surface area contributed by atoms with Crippen LogP contribution in [0.3, 0.4) is 0 Å². The fraction of sp³-hybridized carbons (Fsp3) is 0.556. The maximum absolute atomic E-state index is 12.8. The van der Waals surface area contributed by atoms with E-state index in [1.54, 1.807) is 4.90 Å². The SMILES string of the molecule is CC(C)(C)OC(=O)N1CCC(C(=O)c2cccc3c2OCC3)C1. The highest BCUT2D eigenvalue weighted by Gasteiger charge is 2.35. The first-order valence-corrected chi connectivity index (χ1v) is 8.12. The number of ether oxygens (including phenoxy) is 2. The summed E-state index contributed by atoms with van der Waals surface area (Å²) in [5, 5.41) is 0. The summed E-state index contributed by atoms with van der Waals surface area (Å²) in [5.74, 6) is 0.612. The van der Waals surface area contributed by atoms with Crippen molar-refractivity contribution in [3.05, 3.63) is 29.3 Å². The van der Waals surface area contributed by atoms with Gasteiger partial charge in [-0.1, -0.05) is 12.1 Å². The van der Waals surface area contributed by atoms with Gasteiger partial charge >= 0.3 is 6.09 Å². The van der Waals surface area contributed by atoms with Gasteiger partial charge in [0.25, 0.3) is 0 Å². The molecule has 0 saturated carbocycles. The molecule has 1 atom stereocenters. The maximum Gasteiger partial charge on any atom is 0.410 e. The molecule has 0 radical (unpaired) electrons. The second kappa shape index (κ2) is 5.87. The minimum absolute atomic E-state index is 0.0646. The molecule has 1 fully saturated rings. The molecule has 3 rings (SSSR count). The lowest BCUT2D eigenvalue weighted by Gasteiger charge is -2.24. The molecule has 0 N–H and O–H groups in total. The summed E-state index contributed by atoms with van der Waals surface area (Å²) in [6.07, 6.45) is 1.18. The van der Waals surface area contributed by atoms with Gasteiger partial charge in [0, 0.05) is 25.4 Å². The quantitative estimate of drug-likeness (QED) is 0.787. The van der Waals surface area contributed by atoms with Crippen molar-refractivity contribution in [3.8, 4) is 5.75 Å². The van der Waals surface area contributed by atoms with Crippen LogP contribution in [-0.4, -0.2) is 42.1 Å². The number of nitrogens with zero attached hydrogens (tertiary/aromatic N) is 1. The van der Waals surface area contributed by atoms with E-state index in [0.717, 1.165) is 17.7 Å². The van der Waals surface area contributed by atoms with E-state index in [4.69, 9.17) is 9.47 Å². The van der Waals surface area contributed by atoms with Gasteiger partial charge in [-0.15, -0.1) is 0 Å². The van der Waals surface area contributed by atoms with Crippen LogP contribution in [-0.2, 0) is 11.2 Å². The average molecular weight is 317 g/mol. The smallest absolute Gasteiger partial charge is 0.410 e. The molecule has 0 spiro atoms. The molecule has 2 aliphatic rings. The summed E-state index contributed by atoms with van der Waals surface area (Å²) < 4.78 is 11.0. The number of para-hydroxylation sites is 1. The van der Waals surface area contributed by atoms with Crippen LogP contribution >= 0.6 is 0 Å². The van der Waals surface area contributed by atoms with Crippen LogP contribution in [0.4, 0.5) is 4.79 Å². The van der Waals surface area contributed by atoms with Crippen LogP contribution in [0, 0.1) is 5.92 Å². The number of ketones is 1. The first-order valence-electron chi connectivity index (χ1n) is 8.12. The van der Waals surface area contributed by atoms with Crippen molar-refractivity contribution in [2.75, 3.05) is 19.7 Å². The fourth-order valence-corrected chi connectivity index (χ4v) is 3.10. The number of carbonyl (C=O) groups is 2. The molecular formula is C18H23NO4. The summed E-state index contributed by atoms with van der Waals surface area (Å²) in [7, 11) is 0. The van der Waals surface area contributed by atoms with Crippen molar-refractivity contribution < 1.29 is 19.1 Å². The molecule has 0 bridgehead atoms. The van der Waals surface area contributed by atoms with Crippen molar-refractivity contribution in [2.24, 2.45) is 5.92 Å². The van der Waals surface area contributed by atoms with E-state index in [-0.39, 0.29) is 17.8 Å². The van der Waals surface area contributed by atoms with Gasteiger partial charge < -0.3 is 14.4 Å².